The van der Waals surface area contributed by atoms with Gasteiger partial charge in [-0.05, 0) is 32.6 Å². The summed E-state index contributed by atoms with van der Waals surface area (Å²) in [6, 6.07) is 0. The van der Waals surface area contributed by atoms with Crippen molar-refractivity contribution >= 4 is 29.1 Å². The van der Waals surface area contributed by atoms with Gasteiger partial charge in [-0.3, -0.25) is 0 Å². The molecule has 0 unspecified atom stereocenters. The molecule has 22 heavy (non-hydrogen) atoms. The predicted molar refractivity (Wildman–Crippen MR) is 98.7 cm³/mol. The molecule has 120 valence electrons. The molecular formula is C18H28N4. The zero-order valence-electron chi connectivity index (χ0n) is 14.2. The number of rotatable bonds is 7. The maximum absolute atomic E-state index is 5.95. The predicted octanol–water partition coefficient (Wildman–Crippen LogP) is 4.37. The number of allylic oxidation sites excluding steroid dienone is 1. The van der Waals surface area contributed by atoms with Crippen molar-refractivity contribution in [1.29, 1.82) is 0 Å². The summed E-state index contributed by atoms with van der Waals surface area (Å²) >= 11 is 0. The summed E-state index contributed by atoms with van der Waals surface area (Å²) in [4.78, 5) is 4.60. The van der Waals surface area contributed by atoms with Gasteiger partial charge in [0, 0.05) is 35.1 Å². The Balaban J connectivity index is 3.49. The van der Waals surface area contributed by atoms with Gasteiger partial charge in [-0.15, -0.1) is 0 Å². The molecule has 0 spiro atoms. The van der Waals surface area contributed by atoms with Crippen molar-refractivity contribution in [2.75, 3.05) is 0 Å². The second-order valence-corrected chi connectivity index (χ2v) is 5.68. The van der Waals surface area contributed by atoms with E-state index in [-0.39, 0.29) is 0 Å². The fraction of sp³-hybridized carbons (Fsp3) is 0.389. The number of hydrogen-bond acceptors (Lipinski definition) is 3. The third kappa shape index (κ3) is 4.13. The molecule has 0 atom stereocenters. The molecule has 4 N–H and O–H groups in total. The highest BCUT2D eigenvalue weighted by atomic mass is 15.1. The molecule has 0 amide bonds. The van der Waals surface area contributed by atoms with Gasteiger partial charge in [0.1, 0.15) is 5.82 Å². The van der Waals surface area contributed by atoms with E-state index in [1.54, 1.807) is 0 Å². The largest absolute Gasteiger partial charge is 0.399 e. The van der Waals surface area contributed by atoms with Gasteiger partial charge in [0.25, 0.3) is 0 Å². The number of aromatic nitrogens is 1. The van der Waals surface area contributed by atoms with Crippen molar-refractivity contribution in [1.82, 2.24) is 4.57 Å². The molecule has 4 heteroatoms. The molecule has 0 bridgehead atoms. The topological polar surface area (TPSA) is 69.3 Å². The van der Waals surface area contributed by atoms with E-state index >= 15 is 0 Å². The van der Waals surface area contributed by atoms with Crippen LogP contribution in [0.3, 0.4) is 0 Å². The molecule has 0 fully saturated rings. The summed E-state index contributed by atoms with van der Waals surface area (Å²) in [5.41, 5.74) is 15.2. The molecule has 1 aromatic heterocycles. The molecule has 0 aliphatic heterocycles. The first-order valence-corrected chi connectivity index (χ1v) is 7.66. The van der Waals surface area contributed by atoms with Crippen molar-refractivity contribution < 1.29 is 0 Å². The van der Waals surface area contributed by atoms with E-state index < -0.39 is 0 Å². The Labute approximate surface area is 133 Å². The molecule has 0 aromatic carbocycles. The van der Waals surface area contributed by atoms with Crippen LogP contribution in [0.15, 0.2) is 30.4 Å². The summed E-state index contributed by atoms with van der Waals surface area (Å²) in [7, 11) is 0. The van der Waals surface area contributed by atoms with Crippen LogP contribution >= 0.6 is 0 Å². The first-order chi connectivity index (χ1) is 10.3. The Morgan fingerprint density at radius 3 is 2.23 bits per heavy atom. The molecule has 1 rings (SSSR count). The number of nitrogens with zero attached hydrogens (tertiary/aromatic N) is 2. The monoisotopic (exact) mass is 300 g/mol. The van der Waals surface area contributed by atoms with Crippen molar-refractivity contribution in [2.24, 2.45) is 22.4 Å². The maximum atomic E-state index is 5.95. The van der Waals surface area contributed by atoms with Crippen LogP contribution in [0.5, 0.6) is 0 Å². The molecule has 4 nitrogen and oxygen atoms in total. The number of hydrogen-bond donors (Lipinski definition) is 2. The van der Waals surface area contributed by atoms with Crippen LogP contribution in [0.4, 0.5) is 5.82 Å². The lowest BCUT2D eigenvalue weighted by Gasteiger charge is -2.07. The number of nitrogens with two attached hydrogens (primary N) is 2. The van der Waals surface area contributed by atoms with E-state index in [4.69, 9.17) is 11.5 Å². The summed E-state index contributed by atoms with van der Waals surface area (Å²) < 4.78 is 1.95. The van der Waals surface area contributed by atoms with Crippen LogP contribution in [-0.2, 0) is 0 Å². The van der Waals surface area contributed by atoms with E-state index in [0.717, 1.165) is 35.5 Å². The minimum Gasteiger partial charge on any atom is -0.399 e. The van der Waals surface area contributed by atoms with E-state index in [1.165, 1.54) is 0 Å². The third-order valence-corrected chi connectivity index (χ3v) is 3.57. The molecule has 1 heterocycles. The van der Waals surface area contributed by atoms with Crippen LogP contribution < -0.4 is 11.5 Å². The van der Waals surface area contributed by atoms with Crippen molar-refractivity contribution in [2.45, 2.75) is 40.5 Å². The SMILES string of the molecule is C=C(N)c1cn(/C=C\C(CC)CC)c(N=C(C)C)c1C(=C)N. The summed E-state index contributed by atoms with van der Waals surface area (Å²) in [6.45, 7) is 15.9. The van der Waals surface area contributed by atoms with Gasteiger partial charge >= 0.3 is 0 Å². The smallest absolute Gasteiger partial charge is 0.146 e. The summed E-state index contributed by atoms with van der Waals surface area (Å²) in [5, 5.41) is 0. The van der Waals surface area contributed by atoms with E-state index in [2.05, 4.69) is 38.1 Å². The van der Waals surface area contributed by atoms with Crippen molar-refractivity contribution in [3.8, 4) is 0 Å². The average Bonchev–Trinajstić information content (AvgIpc) is 2.78. The number of aliphatic imine (C=N–C) groups is 1. The molecule has 1 aromatic rings. The zero-order chi connectivity index (χ0) is 16.9. The lowest BCUT2D eigenvalue weighted by molar-refractivity contribution is 0.607. The van der Waals surface area contributed by atoms with Gasteiger partial charge in [-0.2, -0.15) is 0 Å². The van der Waals surface area contributed by atoms with Crippen molar-refractivity contribution in [3.05, 3.63) is 36.6 Å². The Hall–Kier alpha value is -2.23. The maximum Gasteiger partial charge on any atom is 0.146 e. The first kappa shape index (κ1) is 17.8. The van der Waals surface area contributed by atoms with Gasteiger partial charge in [-0.25, -0.2) is 4.99 Å². The Bertz CT molecular complexity index is 609. The second-order valence-electron chi connectivity index (χ2n) is 5.68. The molecule has 0 radical (unpaired) electrons. The Morgan fingerprint density at radius 2 is 1.82 bits per heavy atom. The normalized spacial score (nSPS) is 11.1. The van der Waals surface area contributed by atoms with Crippen molar-refractivity contribution in [3.63, 3.8) is 0 Å². The van der Waals surface area contributed by atoms with Gasteiger partial charge < -0.3 is 16.0 Å². The average molecular weight is 300 g/mol. The standard InChI is InChI=1S/C18H28N4/c1-7-15(8-2)9-10-22-11-16(13(5)19)17(14(6)20)18(22)21-12(3)4/h9-11,15H,5-8,19-20H2,1-4H3/b10-9-. The van der Waals surface area contributed by atoms with Gasteiger partial charge in [0.15, 0.2) is 0 Å². The highest BCUT2D eigenvalue weighted by molar-refractivity contribution is 5.88. The van der Waals surface area contributed by atoms with E-state index in [0.29, 0.717) is 17.3 Å². The lowest BCUT2D eigenvalue weighted by atomic mass is 10.0. The molecule has 0 saturated carbocycles. The Kier molecular flexibility index (Phi) is 6.23. The molecular weight excluding hydrogens is 272 g/mol. The lowest BCUT2D eigenvalue weighted by Crippen LogP contribution is -2.00. The van der Waals surface area contributed by atoms with Gasteiger partial charge in [-0.1, -0.05) is 33.1 Å². The van der Waals surface area contributed by atoms with Gasteiger partial charge in [0.2, 0.25) is 0 Å². The van der Waals surface area contributed by atoms with Crippen LogP contribution in [0.2, 0.25) is 0 Å². The summed E-state index contributed by atoms with van der Waals surface area (Å²) in [6.07, 6.45) is 8.34. The minimum atomic E-state index is 0.441. The zero-order valence-corrected chi connectivity index (χ0v) is 14.2. The fourth-order valence-corrected chi connectivity index (χ4v) is 2.29. The quantitative estimate of drug-likeness (QED) is 0.734. The van der Waals surface area contributed by atoms with Crippen LogP contribution in [0, 0.1) is 5.92 Å². The van der Waals surface area contributed by atoms with E-state index in [9.17, 15) is 0 Å². The highest BCUT2D eigenvalue weighted by Gasteiger charge is 2.17. The molecule has 0 saturated heterocycles. The molecule has 0 aliphatic rings. The van der Waals surface area contributed by atoms with E-state index in [1.807, 2.05) is 30.8 Å². The highest BCUT2D eigenvalue weighted by Crippen LogP contribution is 2.32. The Morgan fingerprint density at radius 1 is 1.23 bits per heavy atom. The van der Waals surface area contributed by atoms with Crippen LogP contribution in [0.1, 0.15) is 51.7 Å². The fourth-order valence-electron chi connectivity index (χ4n) is 2.29. The minimum absolute atomic E-state index is 0.441. The first-order valence-electron chi connectivity index (χ1n) is 7.66. The summed E-state index contributed by atoms with van der Waals surface area (Å²) in [5.74, 6) is 1.28. The molecule has 0 aliphatic carbocycles. The second kappa shape index (κ2) is 7.69. The van der Waals surface area contributed by atoms with Gasteiger partial charge in [0.05, 0.1) is 5.56 Å². The van der Waals surface area contributed by atoms with Crippen LogP contribution in [0.25, 0.3) is 17.6 Å². The third-order valence-electron chi connectivity index (χ3n) is 3.57. The van der Waals surface area contributed by atoms with Crippen LogP contribution in [-0.4, -0.2) is 10.3 Å².